The largest absolute Gasteiger partial charge is 0.416 e. The average molecular weight is 254 g/mol. The van der Waals surface area contributed by atoms with Crippen molar-refractivity contribution in [3.8, 4) is 0 Å². The second-order valence-corrected chi connectivity index (χ2v) is 3.53. The maximum atomic E-state index is 12.3. The van der Waals surface area contributed by atoms with Gasteiger partial charge in [-0.1, -0.05) is 15.9 Å². The highest BCUT2D eigenvalue weighted by Gasteiger charge is 2.33. The SMILES string of the molecule is Cc1c(Br)cc(N)cc1C(F)(F)F. The van der Waals surface area contributed by atoms with Crippen LogP contribution >= 0.6 is 15.9 Å². The Morgan fingerprint density at radius 3 is 2.31 bits per heavy atom. The van der Waals surface area contributed by atoms with Crippen LogP contribution in [0.4, 0.5) is 18.9 Å². The molecule has 0 unspecified atom stereocenters. The number of anilines is 1. The number of hydrogen-bond acceptors (Lipinski definition) is 1. The molecule has 1 nitrogen and oxygen atoms in total. The summed E-state index contributed by atoms with van der Waals surface area (Å²) in [5.74, 6) is 0. The zero-order valence-corrected chi connectivity index (χ0v) is 8.33. The molecule has 1 aromatic rings. The Morgan fingerprint density at radius 1 is 1.31 bits per heavy atom. The van der Waals surface area contributed by atoms with Gasteiger partial charge in [-0.3, -0.25) is 0 Å². The topological polar surface area (TPSA) is 26.0 Å². The van der Waals surface area contributed by atoms with Crippen LogP contribution in [0, 0.1) is 6.92 Å². The van der Waals surface area contributed by atoms with Gasteiger partial charge in [0.15, 0.2) is 0 Å². The standard InChI is InChI=1S/C8H7BrF3N/c1-4-6(8(10,11)12)2-5(13)3-7(4)9/h2-3H,13H2,1H3. The van der Waals surface area contributed by atoms with Crippen LogP contribution in [0.3, 0.4) is 0 Å². The van der Waals surface area contributed by atoms with Crippen molar-refractivity contribution in [2.24, 2.45) is 0 Å². The van der Waals surface area contributed by atoms with Gasteiger partial charge in [-0.2, -0.15) is 13.2 Å². The van der Waals surface area contributed by atoms with Crippen molar-refractivity contribution in [1.82, 2.24) is 0 Å². The lowest BCUT2D eigenvalue weighted by molar-refractivity contribution is -0.138. The minimum absolute atomic E-state index is 0.102. The summed E-state index contributed by atoms with van der Waals surface area (Å²) in [5, 5.41) is 0. The zero-order valence-electron chi connectivity index (χ0n) is 6.74. The van der Waals surface area contributed by atoms with Gasteiger partial charge >= 0.3 is 6.18 Å². The molecule has 0 heterocycles. The first-order valence-corrected chi connectivity index (χ1v) is 4.24. The summed E-state index contributed by atoms with van der Waals surface area (Å²) in [6.07, 6.45) is -4.35. The highest BCUT2D eigenvalue weighted by atomic mass is 79.9. The van der Waals surface area contributed by atoms with Crippen molar-refractivity contribution in [3.63, 3.8) is 0 Å². The monoisotopic (exact) mass is 253 g/mol. The zero-order chi connectivity index (χ0) is 10.2. The molecular weight excluding hydrogens is 247 g/mol. The average Bonchev–Trinajstić information content (AvgIpc) is 1.94. The van der Waals surface area contributed by atoms with Gasteiger partial charge in [-0.15, -0.1) is 0 Å². The van der Waals surface area contributed by atoms with E-state index >= 15 is 0 Å². The molecule has 0 radical (unpaired) electrons. The Hall–Kier alpha value is -0.710. The van der Waals surface area contributed by atoms with Crippen molar-refractivity contribution in [2.45, 2.75) is 13.1 Å². The number of benzene rings is 1. The third-order valence-corrected chi connectivity index (χ3v) is 2.50. The van der Waals surface area contributed by atoms with E-state index in [-0.39, 0.29) is 11.3 Å². The first kappa shape index (κ1) is 10.4. The lowest BCUT2D eigenvalue weighted by Crippen LogP contribution is -2.08. The fourth-order valence-corrected chi connectivity index (χ4v) is 1.47. The van der Waals surface area contributed by atoms with Crippen molar-refractivity contribution in [1.29, 1.82) is 0 Å². The quantitative estimate of drug-likeness (QED) is 0.706. The molecule has 0 saturated carbocycles. The first-order chi connectivity index (χ1) is 5.82. The van der Waals surface area contributed by atoms with Gasteiger partial charge in [-0.25, -0.2) is 0 Å². The Bertz CT molecular complexity index is 333. The predicted octanol–water partition coefficient (Wildman–Crippen LogP) is 3.36. The molecule has 0 amide bonds. The normalized spacial score (nSPS) is 11.8. The van der Waals surface area contributed by atoms with E-state index in [2.05, 4.69) is 15.9 Å². The maximum Gasteiger partial charge on any atom is 0.416 e. The van der Waals surface area contributed by atoms with Gasteiger partial charge in [0.1, 0.15) is 0 Å². The van der Waals surface area contributed by atoms with E-state index in [4.69, 9.17) is 5.73 Å². The van der Waals surface area contributed by atoms with E-state index in [1.807, 2.05) is 0 Å². The highest BCUT2D eigenvalue weighted by Crippen LogP contribution is 2.36. The summed E-state index contributed by atoms with van der Waals surface area (Å²) in [4.78, 5) is 0. The van der Waals surface area contributed by atoms with Crippen molar-refractivity contribution in [2.75, 3.05) is 5.73 Å². The molecule has 0 bridgehead atoms. The molecule has 0 aliphatic heterocycles. The molecule has 0 saturated heterocycles. The summed E-state index contributed by atoms with van der Waals surface area (Å²) >= 11 is 3.01. The molecule has 0 spiro atoms. The van der Waals surface area contributed by atoms with E-state index < -0.39 is 11.7 Å². The smallest absolute Gasteiger partial charge is 0.399 e. The van der Waals surface area contributed by atoms with Crippen LogP contribution in [-0.2, 0) is 6.18 Å². The first-order valence-electron chi connectivity index (χ1n) is 3.45. The van der Waals surface area contributed by atoms with Crippen LogP contribution < -0.4 is 5.73 Å². The molecule has 5 heteroatoms. The number of hydrogen-bond donors (Lipinski definition) is 1. The van der Waals surface area contributed by atoms with Crippen molar-refractivity contribution < 1.29 is 13.2 Å². The van der Waals surface area contributed by atoms with Crippen molar-refractivity contribution in [3.05, 3.63) is 27.7 Å². The number of alkyl halides is 3. The minimum Gasteiger partial charge on any atom is -0.399 e. The number of nitrogens with two attached hydrogens (primary N) is 1. The summed E-state index contributed by atoms with van der Waals surface area (Å²) in [6.45, 7) is 1.40. The third kappa shape index (κ3) is 2.15. The Morgan fingerprint density at radius 2 is 1.85 bits per heavy atom. The molecule has 2 N–H and O–H groups in total. The van der Waals surface area contributed by atoms with E-state index in [0.717, 1.165) is 6.07 Å². The molecule has 13 heavy (non-hydrogen) atoms. The van der Waals surface area contributed by atoms with E-state index in [0.29, 0.717) is 4.47 Å². The summed E-state index contributed by atoms with van der Waals surface area (Å²) in [7, 11) is 0. The number of halogens is 4. The maximum absolute atomic E-state index is 12.3. The lowest BCUT2D eigenvalue weighted by atomic mass is 10.1. The molecular formula is C8H7BrF3N. The fraction of sp³-hybridized carbons (Fsp3) is 0.250. The van der Waals surface area contributed by atoms with Crippen LogP contribution in [0.5, 0.6) is 0 Å². The molecule has 72 valence electrons. The van der Waals surface area contributed by atoms with Gasteiger partial charge in [-0.05, 0) is 24.6 Å². The fourth-order valence-electron chi connectivity index (χ4n) is 0.994. The van der Waals surface area contributed by atoms with Crippen LogP contribution in [0.1, 0.15) is 11.1 Å². The summed E-state index contributed by atoms with van der Waals surface area (Å²) in [6, 6.07) is 2.38. The van der Waals surface area contributed by atoms with Gasteiger partial charge in [0.05, 0.1) is 5.56 Å². The Balaban J connectivity index is 3.37. The van der Waals surface area contributed by atoms with Gasteiger partial charge in [0.25, 0.3) is 0 Å². The van der Waals surface area contributed by atoms with Crippen LogP contribution in [-0.4, -0.2) is 0 Å². The second-order valence-electron chi connectivity index (χ2n) is 2.67. The van der Waals surface area contributed by atoms with Gasteiger partial charge < -0.3 is 5.73 Å². The number of nitrogen functional groups attached to an aromatic ring is 1. The van der Waals surface area contributed by atoms with Crippen LogP contribution in [0.25, 0.3) is 0 Å². The van der Waals surface area contributed by atoms with Gasteiger partial charge in [0, 0.05) is 10.2 Å². The molecule has 0 atom stereocenters. The predicted molar refractivity (Wildman–Crippen MR) is 48.3 cm³/mol. The van der Waals surface area contributed by atoms with Crippen LogP contribution in [0.2, 0.25) is 0 Å². The lowest BCUT2D eigenvalue weighted by Gasteiger charge is -2.12. The molecule has 0 fully saturated rings. The van der Waals surface area contributed by atoms with Crippen LogP contribution in [0.15, 0.2) is 16.6 Å². The molecule has 0 aromatic heterocycles. The second kappa shape index (κ2) is 3.21. The van der Waals surface area contributed by atoms with Gasteiger partial charge in [0.2, 0.25) is 0 Å². The van der Waals surface area contributed by atoms with E-state index in [1.165, 1.54) is 13.0 Å². The number of rotatable bonds is 0. The Labute approximate surface area is 81.9 Å². The molecule has 1 rings (SSSR count). The van der Waals surface area contributed by atoms with E-state index in [1.54, 1.807) is 0 Å². The third-order valence-electron chi connectivity index (χ3n) is 1.67. The molecule has 0 aliphatic carbocycles. The van der Waals surface area contributed by atoms with E-state index in [9.17, 15) is 13.2 Å². The highest BCUT2D eigenvalue weighted by molar-refractivity contribution is 9.10. The minimum atomic E-state index is -4.35. The Kier molecular flexibility index (Phi) is 2.56. The molecule has 1 aromatic carbocycles. The van der Waals surface area contributed by atoms with Crippen molar-refractivity contribution >= 4 is 21.6 Å². The summed E-state index contributed by atoms with van der Waals surface area (Å²) in [5.41, 5.74) is 4.86. The summed E-state index contributed by atoms with van der Waals surface area (Å²) < 4.78 is 37.4. The molecule has 0 aliphatic rings.